The molecule has 1 aliphatic heterocycles. The van der Waals surface area contributed by atoms with Gasteiger partial charge in [-0.1, -0.05) is 12.1 Å². The fourth-order valence-corrected chi connectivity index (χ4v) is 3.12. The van der Waals surface area contributed by atoms with Crippen molar-refractivity contribution in [2.45, 2.75) is 6.10 Å². The normalized spacial score (nSPS) is 15.9. The minimum atomic E-state index is -0.244. The standard InChI is InChI=1S/C17H14N2O4S/c20-16(12-10-24-17(19-12)15-6-3-7-21-15)18-8-11-9-22-13-4-1-2-5-14(13)23-11/h1-7,10-11H,8-9H2,(H,18,20). The number of rotatable bonds is 4. The molecule has 24 heavy (non-hydrogen) atoms. The van der Waals surface area contributed by atoms with Gasteiger partial charge in [-0.2, -0.15) is 0 Å². The number of furan rings is 1. The lowest BCUT2D eigenvalue weighted by molar-refractivity contribution is 0.0787. The third-order valence-corrected chi connectivity index (χ3v) is 4.38. The molecule has 0 saturated carbocycles. The van der Waals surface area contributed by atoms with Gasteiger partial charge in [0.25, 0.3) is 5.91 Å². The lowest BCUT2D eigenvalue weighted by atomic mass is 10.2. The van der Waals surface area contributed by atoms with Crippen LogP contribution in [0, 0.1) is 0 Å². The Bertz CT molecular complexity index is 844. The number of carbonyl (C=O) groups is 1. The molecule has 1 aromatic carbocycles. The van der Waals surface area contributed by atoms with E-state index in [1.807, 2.05) is 30.3 Å². The van der Waals surface area contributed by atoms with Crippen molar-refractivity contribution in [2.24, 2.45) is 0 Å². The van der Waals surface area contributed by atoms with Crippen LogP contribution in [0.1, 0.15) is 10.5 Å². The van der Waals surface area contributed by atoms with Gasteiger partial charge in [0.05, 0.1) is 12.8 Å². The van der Waals surface area contributed by atoms with E-state index in [1.54, 1.807) is 17.7 Å². The first kappa shape index (κ1) is 14.8. The topological polar surface area (TPSA) is 73.6 Å². The number of ether oxygens (including phenoxy) is 2. The Kier molecular flexibility index (Phi) is 3.92. The maximum absolute atomic E-state index is 12.2. The van der Waals surface area contributed by atoms with Crippen LogP contribution in [0.4, 0.5) is 0 Å². The van der Waals surface area contributed by atoms with Crippen LogP contribution in [0.5, 0.6) is 11.5 Å². The quantitative estimate of drug-likeness (QED) is 0.789. The van der Waals surface area contributed by atoms with Gasteiger partial charge in [-0.05, 0) is 24.3 Å². The summed E-state index contributed by atoms with van der Waals surface area (Å²) >= 11 is 1.37. The number of thiazole rings is 1. The first-order valence-electron chi connectivity index (χ1n) is 7.46. The molecular formula is C17H14N2O4S. The molecule has 1 atom stereocenters. The maximum Gasteiger partial charge on any atom is 0.270 e. The number of nitrogens with one attached hydrogen (secondary N) is 1. The molecule has 7 heteroatoms. The largest absolute Gasteiger partial charge is 0.486 e. The molecule has 1 aliphatic rings. The van der Waals surface area contributed by atoms with Crippen molar-refractivity contribution in [3.05, 3.63) is 53.7 Å². The monoisotopic (exact) mass is 342 g/mol. The Balaban J connectivity index is 1.36. The number of benzene rings is 1. The number of hydrogen-bond acceptors (Lipinski definition) is 6. The van der Waals surface area contributed by atoms with E-state index in [-0.39, 0.29) is 12.0 Å². The van der Waals surface area contributed by atoms with Crippen LogP contribution >= 0.6 is 11.3 Å². The molecule has 2 aromatic heterocycles. The van der Waals surface area contributed by atoms with E-state index in [0.29, 0.717) is 35.4 Å². The van der Waals surface area contributed by atoms with Crippen molar-refractivity contribution in [3.8, 4) is 22.3 Å². The van der Waals surface area contributed by atoms with E-state index in [2.05, 4.69) is 10.3 Å². The number of aromatic nitrogens is 1. The van der Waals surface area contributed by atoms with Crippen LogP contribution in [0.15, 0.2) is 52.5 Å². The number of amides is 1. The molecule has 4 rings (SSSR count). The van der Waals surface area contributed by atoms with Crippen LogP contribution in [0.3, 0.4) is 0 Å². The molecule has 0 radical (unpaired) electrons. The third-order valence-electron chi connectivity index (χ3n) is 3.53. The molecule has 0 fully saturated rings. The van der Waals surface area contributed by atoms with Crippen molar-refractivity contribution in [3.63, 3.8) is 0 Å². The van der Waals surface area contributed by atoms with E-state index < -0.39 is 0 Å². The molecule has 1 N–H and O–H groups in total. The molecular weight excluding hydrogens is 328 g/mol. The zero-order chi connectivity index (χ0) is 16.4. The molecule has 122 valence electrons. The van der Waals surface area contributed by atoms with E-state index in [0.717, 1.165) is 5.75 Å². The summed E-state index contributed by atoms with van der Waals surface area (Å²) in [6.07, 6.45) is 1.35. The van der Waals surface area contributed by atoms with Crippen LogP contribution in [0.25, 0.3) is 10.8 Å². The Labute approximate surface area is 142 Å². The zero-order valence-corrected chi connectivity index (χ0v) is 13.4. The number of carbonyl (C=O) groups excluding carboxylic acids is 1. The van der Waals surface area contributed by atoms with E-state index in [4.69, 9.17) is 13.9 Å². The lowest BCUT2D eigenvalue weighted by Crippen LogP contribution is -2.40. The van der Waals surface area contributed by atoms with E-state index in [9.17, 15) is 4.79 Å². The van der Waals surface area contributed by atoms with Gasteiger partial charge in [-0.3, -0.25) is 4.79 Å². The van der Waals surface area contributed by atoms with Gasteiger partial charge < -0.3 is 19.2 Å². The summed E-state index contributed by atoms with van der Waals surface area (Å²) in [5, 5.41) is 5.21. The second-order valence-corrected chi connectivity index (χ2v) is 6.08. The van der Waals surface area contributed by atoms with Crippen molar-refractivity contribution >= 4 is 17.2 Å². The van der Waals surface area contributed by atoms with Crippen molar-refractivity contribution in [1.29, 1.82) is 0 Å². The smallest absolute Gasteiger partial charge is 0.270 e. The van der Waals surface area contributed by atoms with Gasteiger partial charge >= 0.3 is 0 Å². The molecule has 0 bridgehead atoms. The van der Waals surface area contributed by atoms with Crippen LogP contribution in [-0.4, -0.2) is 30.1 Å². The zero-order valence-electron chi connectivity index (χ0n) is 12.6. The molecule has 0 saturated heterocycles. The summed E-state index contributed by atoms with van der Waals surface area (Å²) in [5.41, 5.74) is 0.364. The van der Waals surface area contributed by atoms with Gasteiger partial charge in [0.1, 0.15) is 18.4 Å². The maximum atomic E-state index is 12.2. The number of hydrogen-bond donors (Lipinski definition) is 1. The highest BCUT2D eigenvalue weighted by Crippen LogP contribution is 2.30. The predicted octanol–water partition coefficient (Wildman–Crippen LogP) is 2.97. The lowest BCUT2D eigenvalue weighted by Gasteiger charge is -2.26. The molecule has 1 amide bonds. The molecule has 0 aliphatic carbocycles. The highest BCUT2D eigenvalue weighted by Gasteiger charge is 2.22. The molecule has 3 heterocycles. The summed E-state index contributed by atoms with van der Waals surface area (Å²) in [6.45, 7) is 0.743. The van der Waals surface area contributed by atoms with Crippen LogP contribution < -0.4 is 14.8 Å². The van der Waals surface area contributed by atoms with Crippen molar-refractivity contribution in [1.82, 2.24) is 10.3 Å². The average molecular weight is 342 g/mol. The first-order chi connectivity index (χ1) is 11.8. The number of fused-ring (bicyclic) bond motifs is 1. The van der Waals surface area contributed by atoms with Gasteiger partial charge in [0, 0.05) is 5.38 Å². The predicted molar refractivity (Wildman–Crippen MR) is 88.5 cm³/mol. The average Bonchev–Trinajstić information content (AvgIpc) is 3.30. The Morgan fingerprint density at radius 2 is 2.12 bits per heavy atom. The van der Waals surface area contributed by atoms with Gasteiger partial charge in [-0.15, -0.1) is 11.3 Å². The molecule has 3 aromatic rings. The second kappa shape index (κ2) is 6.37. The Morgan fingerprint density at radius 1 is 1.25 bits per heavy atom. The highest BCUT2D eigenvalue weighted by molar-refractivity contribution is 7.13. The van der Waals surface area contributed by atoms with Gasteiger partial charge in [-0.25, -0.2) is 4.98 Å². The number of nitrogens with zero attached hydrogens (tertiary/aromatic N) is 1. The Hall–Kier alpha value is -2.80. The first-order valence-corrected chi connectivity index (χ1v) is 8.33. The molecule has 0 spiro atoms. The molecule has 1 unspecified atom stereocenters. The summed E-state index contributed by atoms with van der Waals surface area (Å²) < 4.78 is 16.7. The van der Waals surface area contributed by atoms with E-state index >= 15 is 0 Å². The fourth-order valence-electron chi connectivity index (χ4n) is 2.35. The summed E-state index contributed by atoms with van der Waals surface area (Å²) in [4.78, 5) is 16.5. The summed E-state index contributed by atoms with van der Waals surface area (Å²) in [5.74, 6) is 1.82. The SMILES string of the molecule is O=C(NCC1COc2ccccc2O1)c1csc(-c2ccco2)n1. The van der Waals surface area contributed by atoms with Crippen molar-refractivity contribution < 1.29 is 18.7 Å². The van der Waals surface area contributed by atoms with Crippen molar-refractivity contribution in [2.75, 3.05) is 13.2 Å². The van der Waals surface area contributed by atoms with Gasteiger partial charge in [0.15, 0.2) is 22.3 Å². The minimum absolute atomic E-state index is 0.230. The van der Waals surface area contributed by atoms with Gasteiger partial charge in [0.2, 0.25) is 0 Å². The Morgan fingerprint density at radius 3 is 2.96 bits per heavy atom. The second-order valence-electron chi connectivity index (χ2n) is 5.22. The fraction of sp³-hybridized carbons (Fsp3) is 0.176. The van der Waals surface area contributed by atoms with Crippen LogP contribution in [-0.2, 0) is 0 Å². The summed E-state index contributed by atoms with van der Waals surface area (Å²) in [7, 11) is 0. The van der Waals surface area contributed by atoms with E-state index in [1.165, 1.54) is 11.3 Å². The molecule has 6 nitrogen and oxygen atoms in total. The third kappa shape index (κ3) is 2.98. The summed E-state index contributed by atoms with van der Waals surface area (Å²) in [6, 6.07) is 11.1. The highest BCUT2D eigenvalue weighted by atomic mass is 32.1. The number of para-hydroxylation sites is 2. The minimum Gasteiger partial charge on any atom is -0.486 e. The van der Waals surface area contributed by atoms with Crippen LogP contribution in [0.2, 0.25) is 0 Å².